The summed E-state index contributed by atoms with van der Waals surface area (Å²) in [7, 11) is -2.46. The highest BCUT2D eigenvalue weighted by Gasteiger charge is 2.29. The Bertz CT molecular complexity index is 1300. The molecule has 0 radical (unpaired) electrons. The SMILES string of the molecule is COc1ccc(NS(=O)(=O)c2ccc(F)cc2)cc1N1CCCN(Cc2cccc(Cl)c2)C1=O. The lowest BCUT2D eigenvalue weighted by atomic mass is 10.1. The predicted octanol–water partition coefficient (Wildman–Crippen LogP) is 5.12. The molecule has 0 unspecified atom stereocenters. The molecule has 7 nitrogen and oxygen atoms in total. The minimum atomic E-state index is -3.95. The molecule has 178 valence electrons. The van der Waals surface area contributed by atoms with Gasteiger partial charge in [0.1, 0.15) is 11.6 Å². The summed E-state index contributed by atoms with van der Waals surface area (Å²) in [6.07, 6.45) is 0.723. The van der Waals surface area contributed by atoms with Crippen molar-refractivity contribution in [3.8, 4) is 5.75 Å². The van der Waals surface area contributed by atoms with Crippen molar-refractivity contribution in [3.05, 3.63) is 83.1 Å². The van der Waals surface area contributed by atoms with Crippen LogP contribution in [0.25, 0.3) is 0 Å². The third-order valence-corrected chi connectivity index (χ3v) is 7.05. The topological polar surface area (TPSA) is 79.0 Å². The zero-order valence-electron chi connectivity index (χ0n) is 18.4. The molecule has 3 aromatic carbocycles. The van der Waals surface area contributed by atoms with E-state index >= 15 is 0 Å². The van der Waals surface area contributed by atoms with E-state index in [0.717, 1.165) is 24.1 Å². The Morgan fingerprint density at radius 2 is 1.82 bits per heavy atom. The van der Waals surface area contributed by atoms with Crippen molar-refractivity contribution in [1.82, 2.24) is 4.90 Å². The number of carbonyl (C=O) groups is 1. The van der Waals surface area contributed by atoms with Gasteiger partial charge in [-0.25, -0.2) is 17.6 Å². The van der Waals surface area contributed by atoms with E-state index in [2.05, 4.69) is 4.72 Å². The molecule has 0 spiro atoms. The maximum atomic E-state index is 13.3. The van der Waals surface area contributed by atoms with Gasteiger partial charge in [-0.1, -0.05) is 23.7 Å². The van der Waals surface area contributed by atoms with Crippen LogP contribution in [0.2, 0.25) is 5.02 Å². The second-order valence-corrected chi connectivity index (χ2v) is 9.90. The second-order valence-electron chi connectivity index (χ2n) is 7.79. The summed E-state index contributed by atoms with van der Waals surface area (Å²) in [4.78, 5) is 16.5. The number of carbonyl (C=O) groups excluding carboxylic acids is 1. The summed E-state index contributed by atoms with van der Waals surface area (Å²) in [5.74, 6) is -0.0979. The van der Waals surface area contributed by atoms with Crippen LogP contribution in [-0.2, 0) is 16.6 Å². The number of halogens is 2. The summed E-state index contributed by atoms with van der Waals surface area (Å²) in [6, 6.07) is 16.3. The Balaban J connectivity index is 1.59. The van der Waals surface area contributed by atoms with Crippen LogP contribution < -0.4 is 14.4 Å². The molecule has 3 aromatic rings. The predicted molar refractivity (Wildman–Crippen MR) is 129 cm³/mol. The third kappa shape index (κ3) is 5.26. The number of methoxy groups -OCH3 is 1. The molecular weight excluding hydrogens is 481 g/mol. The molecule has 1 saturated heterocycles. The average Bonchev–Trinajstić information content (AvgIpc) is 2.80. The van der Waals surface area contributed by atoms with E-state index in [1.54, 1.807) is 34.1 Å². The number of hydrogen-bond acceptors (Lipinski definition) is 4. The number of amides is 2. The average molecular weight is 504 g/mol. The zero-order valence-corrected chi connectivity index (χ0v) is 19.9. The highest BCUT2D eigenvalue weighted by Crippen LogP contribution is 2.34. The highest BCUT2D eigenvalue weighted by atomic mass is 35.5. The fraction of sp³-hybridized carbons (Fsp3) is 0.208. The Kier molecular flexibility index (Phi) is 6.95. The number of benzene rings is 3. The molecule has 4 rings (SSSR count). The normalized spacial score (nSPS) is 14.3. The molecule has 1 aliphatic rings. The molecular formula is C24H23ClFN3O4S. The smallest absolute Gasteiger partial charge is 0.324 e. The van der Waals surface area contributed by atoms with Crippen LogP contribution in [-0.4, -0.2) is 39.5 Å². The van der Waals surface area contributed by atoms with Crippen molar-refractivity contribution in [2.75, 3.05) is 29.8 Å². The molecule has 1 N–H and O–H groups in total. The van der Waals surface area contributed by atoms with Crippen molar-refractivity contribution in [3.63, 3.8) is 0 Å². The number of sulfonamides is 1. The number of hydrogen-bond donors (Lipinski definition) is 1. The first-order valence-corrected chi connectivity index (χ1v) is 12.4. The lowest BCUT2D eigenvalue weighted by Gasteiger charge is -2.36. The standard InChI is InChI=1S/C24H23ClFN3O4S/c1-33-23-11-8-20(27-34(31,32)21-9-6-19(26)7-10-21)15-22(23)29-13-3-12-28(24(29)30)16-17-4-2-5-18(25)14-17/h2,4-11,14-15,27H,3,12-13,16H2,1H3. The molecule has 2 amide bonds. The van der Waals surface area contributed by atoms with E-state index in [1.807, 2.05) is 18.2 Å². The van der Waals surface area contributed by atoms with Gasteiger partial charge in [0.25, 0.3) is 10.0 Å². The van der Waals surface area contributed by atoms with Gasteiger partial charge in [0.2, 0.25) is 0 Å². The number of rotatable bonds is 7. The van der Waals surface area contributed by atoms with Crippen LogP contribution in [0.15, 0.2) is 71.6 Å². The largest absolute Gasteiger partial charge is 0.495 e. The molecule has 0 aliphatic carbocycles. The summed E-state index contributed by atoms with van der Waals surface area (Å²) in [5, 5.41) is 0.599. The first-order chi connectivity index (χ1) is 16.3. The lowest BCUT2D eigenvalue weighted by Crippen LogP contribution is -2.49. The van der Waals surface area contributed by atoms with Crippen LogP contribution >= 0.6 is 11.6 Å². The summed E-state index contributed by atoms with van der Waals surface area (Å²) in [6.45, 7) is 1.44. The van der Waals surface area contributed by atoms with E-state index in [0.29, 0.717) is 36.1 Å². The molecule has 34 heavy (non-hydrogen) atoms. The van der Waals surface area contributed by atoms with Gasteiger partial charge in [0.05, 0.1) is 23.4 Å². The van der Waals surface area contributed by atoms with Gasteiger partial charge in [-0.3, -0.25) is 9.62 Å². The molecule has 1 fully saturated rings. The van der Waals surface area contributed by atoms with Crippen LogP contribution in [0.3, 0.4) is 0 Å². The van der Waals surface area contributed by atoms with Crippen molar-refractivity contribution in [1.29, 1.82) is 0 Å². The molecule has 0 saturated carbocycles. The van der Waals surface area contributed by atoms with Gasteiger partial charge in [-0.15, -0.1) is 0 Å². The molecule has 1 heterocycles. The van der Waals surface area contributed by atoms with Crippen molar-refractivity contribution in [2.45, 2.75) is 17.9 Å². The lowest BCUT2D eigenvalue weighted by molar-refractivity contribution is 0.192. The first-order valence-electron chi connectivity index (χ1n) is 10.5. The van der Waals surface area contributed by atoms with E-state index in [1.165, 1.54) is 19.2 Å². The number of nitrogens with one attached hydrogen (secondary N) is 1. The van der Waals surface area contributed by atoms with Crippen LogP contribution in [0.4, 0.5) is 20.6 Å². The minimum Gasteiger partial charge on any atom is -0.495 e. The Labute approximate surface area is 202 Å². The summed E-state index contributed by atoms with van der Waals surface area (Å²) >= 11 is 6.08. The second kappa shape index (κ2) is 9.90. The Morgan fingerprint density at radius 3 is 2.53 bits per heavy atom. The third-order valence-electron chi connectivity index (χ3n) is 5.42. The van der Waals surface area contributed by atoms with Gasteiger partial charge in [-0.05, 0) is 66.6 Å². The van der Waals surface area contributed by atoms with E-state index in [9.17, 15) is 17.6 Å². The number of anilines is 2. The van der Waals surface area contributed by atoms with Gasteiger partial charge in [0.15, 0.2) is 0 Å². The first kappa shape index (κ1) is 23.8. The quantitative estimate of drug-likeness (QED) is 0.485. The molecule has 1 aliphatic heterocycles. The fourth-order valence-corrected chi connectivity index (χ4v) is 5.06. The summed E-state index contributed by atoms with van der Waals surface area (Å²) in [5.41, 5.74) is 1.61. The van der Waals surface area contributed by atoms with Crippen molar-refractivity contribution >= 4 is 39.0 Å². The molecule has 0 bridgehead atoms. The molecule has 0 atom stereocenters. The van der Waals surface area contributed by atoms with Crippen molar-refractivity contribution in [2.24, 2.45) is 0 Å². The maximum Gasteiger partial charge on any atom is 0.324 e. The van der Waals surface area contributed by atoms with E-state index in [-0.39, 0.29) is 16.6 Å². The monoisotopic (exact) mass is 503 g/mol. The van der Waals surface area contributed by atoms with Crippen LogP contribution in [0, 0.1) is 5.82 Å². The van der Waals surface area contributed by atoms with Crippen LogP contribution in [0.5, 0.6) is 5.75 Å². The van der Waals surface area contributed by atoms with E-state index < -0.39 is 15.8 Å². The Morgan fingerprint density at radius 1 is 1.06 bits per heavy atom. The molecule has 0 aromatic heterocycles. The Hall–Kier alpha value is -3.30. The number of ether oxygens (including phenoxy) is 1. The van der Waals surface area contributed by atoms with Gasteiger partial charge >= 0.3 is 6.03 Å². The number of urea groups is 1. The fourth-order valence-electron chi connectivity index (χ4n) is 3.80. The van der Waals surface area contributed by atoms with Crippen molar-refractivity contribution < 1.29 is 22.3 Å². The number of nitrogens with zero attached hydrogens (tertiary/aromatic N) is 2. The van der Waals surface area contributed by atoms with Gasteiger partial charge in [-0.2, -0.15) is 0 Å². The minimum absolute atomic E-state index is 0.0759. The van der Waals surface area contributed by atoms with Gasteiger partial charge in [0, 0.05) is 24.7 Å². The van der Waals surface area contributed by atoms with Crippen LogP contribution in [0.1, 0.15) is 12.0 Å². The van der Waals surface area contributed by atoms with E-state index in [4.69, 9.17) is 16.3 Å². The maximum absolute atomic E-state index is 13.3. The molecule has 10 heteroatoms. The summed E-state index contributed by atoms with van der Waals surface area (Å²) < 4.78 is 46.6. The van der Waals surface area contributed by atoms with Gasteiger partial charge < -0.3 is 9.64 Å². The zero-order chi connectivity index (χ0) is 24.3. The highest BCUT2D eigenvalue weighted by molar-refractivity contribution is 7.92.